The van der Waals surface area contributed by atoms with E-state index in [1.807, 2.05) is 25.1 Å². The number of H-pyrrole nitrogens is 1. The fraction of sp³-hybridized carbons (Fsp3) is 0.227. The predicted octanol–water partition coefficient (Wildman–Crippen LogP) is 3.11. The van der Waals surface area contributed by atoms with Gasteiger partial charge in [0.25, 0.3) is 11.8 Å². The van der Waals surface area contributed by atoms with Crippen molar-refractivity contribution in [1.29, 1.82) is 0 Å². The number of benzene rings is 1. The molecule has 162 valence electrons. The molecule has 1 fully saturated rings. The van der Waals surface area contributed by atoms with Gasteiger partial charge in [0.05, 0.1) is 41.2 Å². The molecule has 2 amide bonds. The first-order valence-corrected chi connectivity index (χ1v) is 11.0. The van der Waals surface area contributed by atoms with Crippen LogP contribution in [0.4, 0.5) is 5.69 Å². The number of carbonyl (C=O) groups is 2. The molecule has 0 radical (unpaired) electrons. The van der Waals surface area contributed by atoms with Crippen LogP contribution in [0.1, 0.15) is 25.9 Å². The fourth-order valence-electron chi connectivity index (χ4n) is 3.64. The van der Waals surface area contributed by atoms with Crippen LogP contribution >= 0.6 is 11.3 Å². The van der Waals surface area contributed by atoms with Gasteiger partial charge in [-0.2, -0.15) is 5.10 Å². The molecule has 10 heteroatoms. The van der Waals surface area contributed by atoms with E-state index in [-0.39, 0.29) is 11.8 Å². The molecule has 0 atom stereocenters. The van der Waals surface area contributed by atoms with Gasteiger partial charge in [-0.25, -0.2) is 4.98 Å². The Morgan fingerprint density at radius 1 is 1.12 bits per heavy atom. The number of hydrogen-bond donors (Lipinski definition) is 2. The highest BCUT2D eigenvalue weighted by atomic mass is 32.1. The van der Waals surface area contributed by atoms with Crippen LogP contribution in [0.15, 0.2) is 42.2 Å². The van der Waals surface area contributed by atoms with Crippen LogP contribution < -0.4 is 5.32 Å². The van der Waals surface area contributed by atoms with Crippen molar-refractivity contribution in [2.45, 2.75) is 6.92 Å². The largest absolute Gasteiger partial charge is 0.378 e. The SMILES string of the molecule is Cc1nc(C(=O)Nc2cc(-c3cncc(C(=O)N4CCOCC4)c3)cc3[nH]ncc23)cs1. The third kappa shape index (κ3) is 3.97. The summed E-state index contributed by atoms with van der Waals surface area (Å²) in [6, 6.07) is 5.59. The number of pyridine rings is 1. The standard InChI is InChI=1S/C22H20N6O3S/c1-13-25-20(12-32-13)21(29)26-18-7-14(8-19-17(18)11-24-27-19)15-6-16(10-23-9-15)22(30)28-2-4-31-5-3-28/h6-12H,2-5H2,1H3,(H,24,27)(H,26,29). The third-order valence-corrected chi connectivity index (χ3v) is 6.05. The number of nitrogens with zero attached hydrogens (tertiary/aromatic N) is 4. The highest BCUT2D eigenvalue weighted by molar-refractivity contribution is 7.09. The molecule has 0 saturated carbocycles. The number of morpholine rings is 1. The van der Waals surface area contributed by atoms with Crippen molar-refractivity contribution in [1.82, 2.24) is 25.1 Å². The third-order valence-electron chi connectivity index (χ3n) is 5.28. The van der Waals surface area contributed by atoms with Crippen molar-refractivity contribution in [3.8, 4) is 11.1 Å². The maximum absolute atomic E-state index is 12.9. The first-order chi connectivity index (χ1) is 15.6. The Hall–Kier alpha value is -3.63. The molecule has 1 aliphatic rings. The number of aromatic amines is 1. The van der Waals surface area contributed by atoms with Crippen molar-refractivity contribution in [2.75, 3.05) is 31.6 Å². The van der Waals surface area contributed by atoms with Crippen LogP contribution in [-0.2, 0) is 4.74 Å². The summed E-state index contributed by atoms with van der Waals surface area (Å²) in [5.74, 6) is -0.360. The monoisotopic (exact) mass is 448 g/mol. The average molecular weight is 449 g/mol. The van der Waals surface area contributed by atoms with Gasteiger partial charge in [0.1, 0.15) is 5.69 Å². The van der Waals surface area contributed by atoms with E-state index in [1.54, 1.807) is 28.9 Å². The number of ether oxygens (including phenoxy) is 1. The molecule has 0 bridgehead atoms. The first-order valence-electron chi connectivity index (χ1n) is 10.1. The lowest BCUT2D eigenvalue weighted by atomic mass is 10.0. The van der Waals surface area contributed by atoms with E-state index in [0.717, 1.165) is 27.0 Å². The highest BCUT2D eigenvalue weighted by Crippen LogP contribution is 2.30. The Labute approximate surface area is 187 Å². The Morgan fingerprint density at radius 3 is 2.75 bits per heavy atom. The van der Waals surface area contributed by atoms with Crippen molar-refractivity contribution in [3.63, 3.8) is 0 Å². The highest BCUT2D eigenvalue weighted by Gasteiger charge is 2.20. The Kier molecular flexibility index (Phi) is 5.38. The summed E-state index contributed by atoms with van der Waals surface area (Å²) in [7, 11) is 0. The lowest BCUT2D eigenvalue weighted by Gasteiger charge is -2.26. The molecule has 0 aliphatic carbocycles. The number of carbonyl (C=O) groups excluding carboxylic acids is 2. The summed E-state index contributed by atoms with van der Waals surface area (Å²) < 4.78 is 5.33. The van der Waals surface area contributed by atoms with Gasteiger partial charge in [0.15, 0.2) is 0 Å². The minimum Gasteiger partial charge on any atom is -0.378 e. The van der Waals surface area contributed by atoms with E-state index in [0.29, 0.717) is 43.2 Å². The zero-order valence-corrected chi connectivity index (χ0v) is 18.1. The zero-order valence-electron chi connectivity index (χ0n) is 17.3. The number of amides is 2. The lowest BCUT2D eigenvalue weighted by molar-refractivity contribution is 0.0302. The number of nitrogens with one attached hydrogen (secondary N) is 2. The van der Waals surface area contributed by atoms with Crippen LogP contribution in [0.5, 0.6) is 0 Å². The number of anilines is 1. The predicted molar refractivity (Wildman–Crippen MR) is 121 cm³/mol. The molecule has 5 rings (SSSR count). The average Bonchev–Trinajstić information content (AvgIpc) is 3.48. The second-order valence-corrected chi connectivity index (χ2v) is 8.49. The lowest BCUT2D eigenvalue weighted by Crippen LogP contribution is -2.40. The summed E-state index contributed by atoms with van der Waals surface area (Å²) in [6.45, 7) is 4.06. The van der Waals surface area contributed by atoms with Gasteiger partial charge >= 0.3 is 0 Å². The second-order valence-electron chi connectivity index (χ2n) is 7.43. The normalized spacial score (nSPS) is 14.0. The van der Waals surface area contributed by atoms with Gasteiger partial charge in [0, 0.05) is 41.8 Å². The van der Waals surface area contributed by atoms with E-state index in [9.17, 15) is 9.59 Å². The van der Waals surface area contributed by atoms with Gasteiger partial charge in [-0.1, -0.05) is 0 Å². The van der Waals surface area contributed by atoms with Gasteiger partial charge in [-0.05, 0) is 30.7 Å². The Balaban J connectivity index is 1.48. The summed E-state index contributed by atoms with van der Waals surface area (Å²) in [5.41, 5.74) is 3.81. The van der Waals surface area contributed by atoms with Gasteiger partial charge in [0.2, 0.25) is 0 Å². The number of thiazole rings is 1. The van der Waals surface area contributed by atoms with E-state index >= 15 is 0 Å². The number of fused-ring (bicyclic) bond motifs is 1. The molecular weight excluding hydrogens is 428 g/mol. The zero-order chi connectivity index (χ0) is 22.1. The molecule has 2 N–H and O–H groups in total. The minimum absolute atomic E-state index is 0.0716. The van der Waals surface area contributed by atoms with Crippen LogP contribution in [-0.4, -0.2) is 63.2 Å². The first kappa shape index (κ1) is 20.3. The molecule has 1 aromatic carbocycles. The Bertz CT molecular complexity index is 1310. The maximum Gasteiger partial charge on any atom is 0.275 e. The van der Waals surface area contributed by atoms with Gasteiger partial charge in [-0.3, -0.25) is 19.7 Å². The summed E-state index contributed by atoms with van der Waals surface area (Å²) in [4.78, 5) is 35.9. The number of aryl methyl sites for hydroxylation is 1. The molecule has 0 spiro atoms. The van der Waals surface area contributed by atoms with Gasteiger partial charge < -0.3 is 15.0 Å². The molecule has 1 saturated heterocycles. The molecular formula is C22H20N6O3S. The number of rotatable bonds is 4. The van der Waals surface area contributed by atoms with Crippen LogP contribution in [0.2, 0.25) is 0 Å². The fourth-order valence-corrected chi connectivity index (χ4v) is 4.23. The topological polar surface area (TPSA) is 113 Å². The quantitative estimate of drug-likeness (QED) is 0.496. The van der Waals surface area contributed by atoms with E-state index < -0.39 is 0 Å². The summed E-state index contributed by atoms with van der Waals surface area (Å²) in [6.07, 6.45) is 4.93. The molecule has 32 heavy (non-hydrogen) atoms. The van der Waals surface area contributed by atoms with Crippen molar-refractivity contribution in [2.24, 2.45) is 0 Å². The summed E-state index contributed by atoms with van der Waals surface area (Å²) in [5, 5.41) is 13.3. The smallest absolute Gasteiger partial charge is 0.275 e. The van der Waals surface area contributed by atoms with Crippen LogP contribution in [0, 0.1) is 6.92 Å². The van der Waals surface area contributed by atoms with Crippen molar-refractivity contribution in [3.05, 3.63) is 58.4 Å². The second kappa shape index (κ2) is 8.48. The molecule has 9 nitrogen and oxygen atoms in total. The van der Waals surface area contributed by atoms with E-state index in [2.05, 4.69) is 25.5 Å². The van der Waals surface area contributed by atoms with Crippen molar-refractivity contribution >= 4 is 39.7 Å². The van der Waals surface area contributed by atoms with E-state index in [1.165, 1.54) is 11.3 Å². The molecule has 1 aliphatic heterocycles. The number of hydrogen-bond acceptors (Lipinski definition) is 7. The van der Waals surface area contributed by atoms with Gasteiger partial charge in [-0.15, -0.1) is 11.3 Å². The Morgan fingerprint density at radius 2 is 1.97 bits per heavy atom. The van der Waals surface area contributed by atoms with Crippen molar-refractivity contribution < 1.29 is 14.3 Å². The molecule has 4 aromatic rings. The van der Waals surface area contributed by atoms with E-state index in [4.69, 9.17) is 4.74 Å². The minimum atomic E-state index is -0.289. The van der Waals surface area contributed by atoms with Crippen LogP contribution in [0.3, 0.4) is 0 Å². The molecule has 0 unspecified atom stereocenters. The number of aromatic nitrogens is 4. The summed E-state index contributed by atoms with van der Waals surface area (Å²) >= 11 is 1.42. The maximum atomic E-state index is 12.9. The van der Waals surface area contributed by atoms with Crippen LogP contribution in [0.25, 0.3) is 22.0 Å². The molecule has 3 aromatic heterocycles. The molecule has 4 heterocycles.